The number of carbonyl (C=O) groups excluding carboxylic acids is 1. The molecule has 164 valence electrons. The maximum Gasteiger partial charge on any atom is 0.406 e. The summed E-state index contributed by atoms with van der Waals surface area (Å²) >= 11 is 5.70. The van der Waals surface area contributed by atoms with Gasteiger partial charge in [0.25, 0.3) is 0 Å². The fraction of sp³-hybridized carbons (Fsp3) is 0.238. The van der Waals surface area contributed by atoms with Crippen LogP contribution >= 0.6 is 11.6 Å². The summed E-state index contributed by atoms with van der Waals surface area (Å²) in [5, 5.41) is 3.29. The third-order valence-electron chi connectivity index (χ3n) is 4.68. The average Bonchev–Trinajstić information content (AvgIpc) is 2.72. The lowest BCUT2D eigenvalue weighted by Crippen LogP contribution is -2.43. The summed E-state index contributed by atoms with van der Waals surface area (Å²) in [6.07, 6.45) is -3.26. The van der Waals surface area contributed by atoms with Crippen molar-refractivity contribution in [2.24, 2.45) is 0 Å². The molecule has 3 rings (SSSR count). The molecule has 0 radical (unpaired) electrons. The minimum Gasteiger partial charge on any atom is -0.481 e. The van der Waals surface area contributed by atoms with Crippen LogP contribution in [-0.2, 0) is 0 Å². The molecule has 0 bridgehead atoms. The Labute approximate surface area is 180 Å². The first kappa shape index (κ1) is 22.6. The zero-order valence-electron chi connectivity index (χ0n) is 16.5. The largest absolute Gasteiger partial charge is 0.481 e. The minimum atomic E-state index is -4.65. The molecule has 0 aliphatic rings. The molecule has 0 aliphatic carbocycles. The van der Waals surface area contributed by atoms with E-state index in [0.29, 0.717) is 27.1 Å². The Morgan fingerprint density at radius 2 is 1.90 bits per heavy atom. The van der Waals surface area contributed by atoms with E-state index in [2.05, 4.69) is 10.3 Å². The molecule has 5 nitrogen and oxygen atoms in total. The second-order valence-corrected chi connectivity index (χ2v) is 7.15. The van der Waals surface area contributed by atoms with E-state index in [9.17, 15) is 22.4 Å². The van der Waals surface area contributed by atoms with Gasteiger partial charge in [-0.2, -0.15) is 13.2 Å². The Hall–Kier alpha value is -3.07. The molecule has 0 spiro atoms. The number of rotatable bonds is 5. The maximum absolute atomic E-state index is 13.4. The third kappa shape index (κ3) is 5.16. The van der Waals surface area contributed by atoms with Crippen molar-refractivity contribution in [3.63, 3.8) is 0 Å². The first-order valence-electron chi connectivity index (χ1n) is 9.11. The molecule has 2 amide bonds. The van der Waals surface area contributed by atoms with Gasteiger partial charge in [0.05, 0.1) is 18.2 Å². The van der Waals surface area contributed by atoms with Crippen LogP contribution in [0.5, 0.6) is 5.88 Å². The zero-order valence-corrected chi connectivity index (χ0v) is 17.3. The van der Waals surface area contributed by atoms with Crippen LogP contribution in [-0.4, -0.2) is 35.7 Å². The first-order valence-corrected chi connectivity index (χ1v) is 9.49. The number of nitrogens with one attached hydrogen (secondary N) is 1. The zero-order chi connectivity index (χ0) is 22.8. The van der Waals surface area contributed by atoms with E-state index < -0.39 is 30.6 Å². The van der Waals surface area contributed by atoms with Crippen molar-refractivity contribution in [2.45, 2.75) is 19.1 Å². The van der Waals surface area contributed by atoms with Crippen LogP contribution < -0.4 is 10.1 Å². The molecular weight excluding hydrogens is 438 g/mol. The summed E-state index contributed by atoms with van der Waals surface area (Å²) in [4.78, 5) is 17.6. The number of anilines is 1. The van der Waals surface area contributed by atoms with E-state index in [0.717, 1.165) is 12.1 Å². The van der Waals surface area contributed by atoms with Crippen molar-refractivity contribution in [1.29, 1.82) is 0 Å². The molecule has 1 heterocycles. The van der Waals surface area contributed by atoms with Crippen molar-refractivity contribution in [3.8, 4) is 5.88 Å². The molecule has 0 saturated carbocycles. The topological polar surface area (TPSA) is 54.5 Å². The smallest absolute Gasteiger partial charge is 0.406 e. The van der Waals surface area contributed by atoms with Crippen LogP contribution in [0.3, 0.4) is 0 Å². The number of halogens is 5. The second kappa shape index (κ2) is 8.97. The number of hydrogen-bond acceptors (Lipinski definition) is 3. The highest BCUT2D eigenvalue weighted by molar-refractivity contribution is 6.31. The van der Waals surface area contributed by atoms with Crippen molar-refractivity contribution >= 4 is 34.1 Å². The van der Waals surface area contributed by atoms with Gasteiger partial charge in [-0.25, -0.2) is 14.2 Å². The third-order valence-corrected chi connectivity index (χ3v) is 4.97. The lowest BCUT2D eigenvalue weighted by molar-refractivity contribution is -0.143. The molecule has 1 unspecified atom stereocenters. The van der Waals surface area contributed by atoms with Crippen molar-refractivity contribution in [2.75, 3.05) is 19.0 Å². The molecule has 10 heteroatoms. The Morgan fingerprint density at radius 3 is 2.52 bits per heavy atom. The van der Waals surface area contributed by atoms with E-state index in [4.69, 9.17) is 16.3 Å². The number of benzene rings is 2. The lowest BCUT2D eigenvalue weighted by atomic mass is 10.0. The Kier molecular flexibility index (Phi) is 6.54. The van der Waals surface area contributed by atoms with Gasteiger partial charge in [0.2, 0.25) is 5.88 Å². The number of alkyl halides is 3. The number of urea groups is 1. The summed E-state index contributed by atoms with van der Waals surface area (Å²) in [5.74, 6) is -0.393. The molecule has 31 heavy (non-hydrogen) atoms. The molecular formula is C21H18ClF4N3O2. The van der Waals surface area contributed by atoms with E-state index in [1.54, 1.807) is 24.3 Å². The number of nitrogens with zero attached hydrogens (tertiary/aromatic N) is 2. The van der Waals surface area contributed by atoms with E-state index in [-0.39, 0.29) is 10.7 Å². The number of ether oxygens (including phenoxy) is 1. The van der Waals surface area contributed by atoms with Gasteiger partial charge in [-0.1, -0.05) is 29.8 Å². The molecule has 0 saturated heterocycles. The Morgan fingerprint density at radius 1 is 1.23 bits per heavy atom. The molecule has 0 fully saturated rings. The molecule has 1 N–H and O–H groups in total. The summed E-state index contributed by atoms with van der Waals surface area (Å²) in [6.45, 7) is -0.0336. The van der Waals surface area contributed by atoms with Crippen LogP contribution in [0.15, 0.2) is 48.7 Å². The van der Waals surface area contributed by atoms with Gasteiger partial charge in [0.1, 0.15) is 12.4 Å². The Balaban J connectivity index is 1.99. The predicted octanol–water partition coefficient (Wildman–Crippen LogP) is 6.19. The standard InChI is InChI=1S/C21H18ClF4N3O2/c1-12(16-10-27-19(31-2)15-6-4-3-5-14(15)16)29(11-21(24,25)26)20(30)28-13-7-8-18(23)17(22)9-13/h3-10,12H,11H2,1-2H3,(H,28,30). The van der Waals surface area contributed by atoms with Crippen LogP contribution in [0.4, 0.5) is 28.0 Å². The average molecular weight is 456 g/mol. The van der Waals surface area contributed by atoms with Crippen molar-refractivity contribution in [3.05, 3.63) is 65.1 Å². The monoisotopic (exact) mass is 455 g/mol. The SMILES string of the molecule is COc1ncc(C(C)N(CC(F)(F)F)C(=O)Nc2ccc(F)c(Cl)c2)c2ccccc12. The van der Waals surface area contributed by atoms with Gasteiger partial charge in [0, 0.05) is 22.8 Å². The Bertz CT molecular complexity index is 1110. The maximum atomic E-state index is 13.4. The van der Waals surface area contributed by atoms with Gasteiger partial charge in [-0.05, 0) is 36.6 Å². The number of fused-ring (bicyclic) bond motifs is 1. The van der Waals surface area contributed by atoms with Gasteiger partial charge in [0.15, 0.2) is 0 Å². The van der Waals surface area contributed by atoms with Crippen LogP contribution in [0.25, 0.3) is 10.8 Å². The minimum absolute atomic E-state index is 0.0634. The highest BCUT2D eigenvalue weighted by atomic mass is 35.5. The second-order valence-electron chi connectivity index (χ2n) is 6.75. The van der Waals surface area contributed by atoms with Crippen LogP contribution in [0.2, 0.25) is 5.02 Å². The highest BCUT2D eigenvalue weighted by Crippen LogP contribution is 2.33. The number of methoxy groups -OCH3 is 1. The molecule has 1 atom stereocenters. The van der Waals surface area contributed by atoms with Gasteiger partial charge < -0.3 is 15.0 Å². The van der Waals surface area contributed by atoms with E-state index in [1.807, 2.05) is 0 Å². The summed E-state index contributed by atoms with van der Waals surface area (Å²) < 4.78 is 58.5. The van der Waals surface area contributed by atoms with E-state index in [1.165, 1.54) is 26.3 Å². The summed E-state index contributed by atoms with van der Waals surface area (Å²) in [7, 11) is 1.44. The normalized spacial score (nSPS) is 12.5. The highest BCUT2D eigenvalue weighted by Gasteiger charge is 2.36. The van der Waals surface area contributed by atoms with Crippen molar-refractivity contribution in [1.82, 2.24) is 9.88 Å². The quantitative estimate of drug-likeness (QED) is 0.466. The fourth-order valence-corrected chi connectivity index (χ4v) is 3.38. The van der Waals surface area contributed by atoms with E-state index >= 15 is 0 Å². The number of pyridine rings is 1. The molecule has 3 aromatic rings. The van der Waals surface area contributed by atoms with Crippen molar-refractivity contribution < 1.29 is 27.1 Å². The number of carbonyl (C=O) groups is 1. The molecule has 0 aliphatic heterocycles. The lowest BCUT2D eigenvalue weighted by Gasteiger charge is -2.31. The summed E-state index contributed by atoms with van der Waals surface area (Å²) in [5.41, 5.74) is 0.474. The number of hydrogen-bond donors (Lipinski definition) is 1. The number of aromatic nitrogens is 1. The fourth-order valence-electron chi connectivity index (χ4n) is 3.20. The molecule has 2 aromatic carbocycles. The van der Waals surface area contributed by atoms with Gasteiger partial charge in [-0.15, -0.1) is 0 Å². The summed E-state index contributed by atoms with van der Waals surface area (Å²) in [6, 6.07) is 8.24. The first-order chi connectivity index (χ1) is 14.6. The van der Waals surface area contributed by atoms with Gasteiger partial charge in [-0.3, -0.25) is 0 Å². The predicted molar refractivity (Wildman–Crippen MR) is 110 cm³/mol. The molecule has 1 aromatic heterocycles. The number of amides is 2. The van der Waals surface area contributed by atoms with Crippen LogP contribution in [0, 0.1) is 5.82 Å². The van der Waals surface area contributed by atoms with Crippen LogP contribution in [0.1, 0.15) is 18.5 Å². The van der Waals surface area contributed by atoms with Gasteiger partial charge >= 0.3 is 12.2 Å².